The van der Waals surface area contributed by atoms with E-state index < -0.39 is 12.0 Å². The molecule has 0 spiro atoms. The molecule has 0 saturated carbocycles. The number of aliphatic carboxylic acids is 1. The van der Waals surface area contributed by atoms with Crippen molar-refractivity contribution in [2.45, 2.75) is 32.9 Å². The standard InChI is InChI=1S/C10H17N3O2/c1-7(2)6-13-4-3-9(12-13)8(11)5-10(14)15/h3-4,7-8H,5-6,11H2,1-2H3,(H,14,15). The second-order valence-electron chi connectivity index (χ2n) is 4.06. The molecular formula is C10H17N3O2. The molecule has 1 atom stereocenters. The topological polar surface area (TPSA) is 81.1 Å². The second-order valence-corrected chi connectivity index (χ2v) is 4.06. The molecular weight excluding hydrogens is 194 g/mol. The minimum atomic E-state index is -0.902. The van der Waals surface area contributed by atoms with E-state index in [0.717, 1.165) is 6.54 Å². The Kier molecular flexibility index (Phi) is 3.85. The zero-order valence-corrected chi connectivity index (χ0v) is 9.05. The van der Waals surface area contributed by atoms with Crippen LogP contribution in [0, 0.1) is 5.92 Å². The van der Waals surface area contributed by atoms with E-state index in [9.17, 15) is 4.79 Å². The Morgan fingerprint density at radius 2 is 2.33 bits per heavy atom. The minimum absolute atomic E-state index is 0.0846. The lowest BCUT2D eigenvalue weighted by Crippen LogP contribution is -2.16. The summed E-state index contributed by atoms with van der Waals surface area (Å²) in [6, 6.07) is 1.26. The number of rotatable bonds is 5. The van der Waals surface area contributed by atoms with Gasteiger partial charge in [-0.1, -0.05) is 13.8 Å². The van der Waals surface area contributed by atoms with E-state index in [0.29, 0.717) is 11.6 Å². The van der Waals surface area contributed by atoms with Gasteiger partial charge in [-0.05, 0) is 12.0 Å². The molecule has 15 heavy (non-hydrogen) atoms. The summed E-state index contributed by atoms with van der Waals surface area (Å²) in [6.07, 6.45) is 1.75. The van der Waals surface area contributed by atoms with Crippen molar-refractivity contribution >= 4 is 5.97 Å². The van der Waals surface area contributed by atoms with Crippen LogP contribution in [0.25, 0.3) is 0 Å². The van der Waals surface area contributed by atoms with E-state index in [2.05, 4.69) is 18.9 Å². The third-order valence-corrected chi connectivity index (χ3v) is 1.99. The summed E-state index contributed by atoms with van der Waals surface area (Å²) in [5, 5.41) is 12.8. The fraction of sp³-hybridized carbons (Fsp3) is 0.600. The molecule has 0 saturated heterocycles. The zero-order valence-electron chi connectivity index (χ0n) is 9.05. The zero-order chi connectivity index (χ0) is 11.4. The first-order chi connectivity index (χ1) is 6.99. The van der Waals surface area contributed by atoms with Crippen LogP contribution < -0.4 is 5.73 Å². The lowest BCUT2D eigenvalue weighted by molar-refractivity contribution is -0.137. The average molecular weight is 211 g/mol. The van der Waals surface area contributed by atoms with Crippen molar-refractivity contribution in [1.29, 1.82) is 0 Å². The molecule has 0 aliphatic rings. The van der Waals surface area contributed by atoms with E-state index in [4.69, 9.17) is 10.8 Å². The molecule has 1 rings (SSSR count). The van der Waals surface area contributed by atoms with Gasteiger partial charge in [-0.2, -0.15) is 5.10 Å². The number of aromatic nitrogens is 2. The molecule has 1 aromatic heterocycles. The number of hydrogen-bond acceptors (Lipinski definition) is 3. The molecule has 1 aromatic rings. The molecule has 84 valence electrons. The van der Waals surface area contributed by atoms with Crippen LogP contribution >= 0.6 is 0 Å². The largest absolute Gasteiger partial charge is 0.481 e. The quantitative estimate of drug-likeness (QED) is 0.761. The van der Waals surface area contributed by atoms with Crippen LogP contribution in [0.5, 0.6) is 0 Å². The number of carboxylic acids is 1. The first kappa shape index (κ1) is 11.7. The van der Waals surface area contributed by atoms with Gasteiger partial charge < -0.3 is 10.8 Å². The number of nitrogens with zero attached hydrogens (tertiary/aromatic N) is 2. The third kappa shape index (κ3) is 3.71. The van der Waals surface area contributed by atoms with Gasteiger partial charge in [-0.3, -0.25) is 9.48 Å². The third-order valence-electron chi connectivity index (χ3n) is 1.99. The van der Waals surface area contributed by atoms with Crippen molar-refractivity contribution in [3.8, 4) is 0 Å². The van der Waals surface area contributed by atoms with E-state index in [-0.39, 0.29) is 6.42 Å². The molecule has 5 heteroatoms. The van der Waals surface area contributed by atoms with Crippen LogP contribution in [-0.4, -0.2) is 20.9 Å². The molecule has 0 aromatic carbocycles. The normalized spacial score (nSPS) is 13.1. The van der Waals surface area contributed by atoms with Gasteiger partial charge in [-0.25, -0.2) is 0 Å². The molecule has 1 unspecified atom stereocenters. The maximum atomic E-state index is 10.5. The molecule has 0 amide bonds. The van der Waals surface area contributed by atoms with Crippen LogP contribution in [0.4, 0.5) is 0 Å². The van der Waals surface area contributed by atoms with E-state index >= 15 is 0 Å². The van der Waals surface area contributed by atoms with Gasteiger partial charge in [0.15, 0.2) is 0 Å². The summed E-state index contributed by atoms with van der Waals surface area (Å²) in [4.78, 5) is 10.5. The average Bonchev–Trinajstić information content (AvgIpc) is 2.50. The second kappa shape index (κ2) is 4.93. The fourth-order valence-electron chi connectivity index (χ4n) is 1.34. The summed E-state index contributed by atoms with van der Waals surface area (Å²) >= 11 is 0. The highest BCUT2D eigenvalue weighted by Gasteiger charge is 2.13. The van der Waals surface area contributed by atoms with Gasteiger partial charge in [-0.15, -0.1) is 0 Å². The Morgan fingerprint density at radius 3 is 2.87 bits per heavy atom. The maximum Gasteiger partial charge on any atom is 0.305 e. The molecule has 3 N–H and O–H groups in total. The van der Waals surface area contributed by atoms with Crippen molar-refractivity contribution in [3.63, 3.8) is 0 Å². The fourth-order valence-corrected chi connectivity index (χ4v) is 1.34. The summed E-state index contributed by atoms with van der Waals surface area (Å²) in [6.45, 7) is 5.01. The number of carbonyl (C=O) groups is 1. The predicted octanol–water partition coefficient (Wildman–Crippen LogP) is 1.01. The monoisotopic (exact) mass is 211 g/mol. The first-order valence-corrected chi connectivity index (χ1v) is 4.99. The van der Waals surface area contributed by atoms with Gasteiger partial charge in [0.2, 0.25) is 0 Å². The van der Waals surface area contributed by atoms with Gasteiger partial charge in [0.25, 0.3) is 0 Å². The predicted molar refractivity (Wildman–Crippen MR) is 56.2 cm³/mol. The molecule has 0 bridgehead atoms. The Hall–Kier alpha value is -1.36. The smallest absolute Gasteiger partial charge is 0.305 e. The molecule has 1 heterocycles. The van der Waals surface area contributed by atoms with Crippen LogP contribution in [0.3, 0.4) is 0 Å². The number of hydrogen-bond donors (Lipinski definition) is 2. The van der Waals surface area contributed by atoms with Crippen LogP contribution in [-0.2, 0) is 11.3 Å². The highest BCUT2D eigenvalue weighted by molar-refractivity contribution is 5.67. The Labute approximate surface area is 88.9 Å². The van der Waals surface area contributed by atoms with Gasteiger partial charge in [0, 0.05) is 12.7 Å². The molecule has 0 fully saturated rings. The molecule has 0 radical (unpaired) electrons. The SMILES string of the molecule is CC(C)Cn1ccc(C(N)CC(=O)O)n1. The van der Waals surface area contributed by atoms with Crippen LogP contribution in [0.15, 0.2) is 12.3 Å². The summed E-state index contributed by atoms with van der Waals surface area (Å²) in [7, 11) is 0. The highest BCUT2D eigenvalue weighted by atomic mass is 16.4. The van der Waals surface area contributed by atoms with Gasteiger partial charge in [0.05, 0.1) is 18.2 Å². The van der Waals surface area contributed by atoms with Crippen LogP contribution in [0.2, 0.25) is 0 Å². The summed E-state index contributed by atoms with van der Waals surface area (Å²) in [5.74, 6) is -0.394. The summed E-state index contributed by atoms with van der Waals surface area (Å²) < 4.78 is 1.79. The first-order valence-electron chi connectivity index (χ1n) is 4.99. The van der Waals surface area contributed by atoms with Crippen molar-refractivity contribution in [1.82, 2.24) is 9.78 Å². The van der Waals surface area contributed by atoms with Gasteiger partial charge >= 0.3 is 5.97 Å². The van der Waals surface area contributed by atoms with Crippen molar-refractivity contribution in [2.75, 3.05) is 0 Å². The lowest BCUT2D eigenvalue weighted by atomic mass is 10.1. The van der Waals surface area contributed by atoms with Crippen molar-refractivity contribution < 1.29 is 9.90 Å². The van der Waals surface area contributed by atoms with Crippen molar-refractivity contribution in [2.24, 2.45) is 11.7 Å². The number of carboxylic acid groups (broad SMARTS) is 1. The van der Waals surface area contributed by atoms with Crippen molar-refractivity contribution in [3.05, 3.63) is 18.0 Å². The number of nitrogens with two attached hydrogens (primary N) is 1. The Balaban J connectivity index is 2.62. The Morgan fingerprint density at radius 1 is 1.67 bits per heavy atom. The van der Waals surface area contributed by atoms with Gasteiger partial charge in [0.1, 0.15) is 0 Å². The molecule has 0 aliphatic carbocycles. The van der Waals surface area contributed by atoms with E-state index in [1.807, 2.05) is 6.20 Å². The minimum Gasteiger partial charge on any atom is -0.481 e. The van der Waals surface area contributed by atoms with Crippen LogP contribution in [0.1, 0.15) is 32.0 Å². The van der Waals surface area contributed by atoms with E-state index in [1.165, 1.54) is 0 Å². The Bertz CT molecular complexity index is 333. The summed E-state index contributed by atoms with van der Waals surface area (Å²) in [5.41, 5.74) is 6.32. The van der Waals surface area contributed by atoms with E-state index in [1.54, 1.807) is 10.7 Å². The molecule has 0 aliphatic heterocycles. The molecule has 5 nitrogen and oxygen atoms in total. The highest BCUT2D eigenvalue weighted by Crippen LogP contribution is 2.11. The maximum absolute atomic E-state index is 10.5. The lowest BCUT2D eigenvalue weighted by Gasteiger charge is -2.06.